The first kappa shape index (κ1) is 15.0. The highest BCUT2D eigenvalue weighted by molar-refractivity contribution is 9.10. The van der Waals surface area contributed by atoms with Crippen molar-refractivity contribution < 1.29 is 9.47 Å². The summed E-state index contributed by atoms with van der Waals surface area (Å²) in [6.45, 7) is 3.11. The normalized spacial score (nSPS) is 14.9. The molecule has 21 heavy (non-hydrogen) atoms. The number of ether oxygens (including phenoxy) is 2. The number of alkyl halides is 1. The number of halogens is 3. The first-order valence-electron chi connectivity index (χ1n) is 6.55. The molecule has 1 atom stereocenters. The number of hydrogen-bond acceptors (Lipinski definition) is 2. The van der Waals surface area contributed by atoms with E-state index in [-0.39, 0.29) is 5.38 Å². The van der Waals surface area contributed by atoms with Crippen LogP contribution >= 0.6 is 39.1 Å². The van der Waals surface area contributed by atoms with E-state index in [9.17, 15) is 0 Å². The van der Waals surface area contributed by atoms with E-state index in [1.54, 1.807) is 6.07 Å². The molecule has 0 aromatic heterocycles. The van der Waals surface area contributed by atoms with Crippen LogP contribution in [0.1, 0.15) is 22.1 Å². The standard InChI is InChI=1S/C16H13BrCl2O2/c1-9-2-3-10(12(17)6-9)16(19)11-7-14-15(8-13(11)18)21-5-4-20-14/h2-3,6-8,16H,4-5H2,1H3. The third-order valence-electron chi connectivity index (χ3n) is 3.36. The number of hydrogen-bond donors (Lipinski definition) is 0. The second-order valence-corrected chi connectivity index (χ2v) is 6.60. The van der Waals surface area contributed by atoms with Gasteiger partial charge in [0.15, 0.2) is 11.5 Å². The Morgan fingerprint density at radius 2 is 1.71 bits per heavy atom. The zero-order valence-electron chi connectivity index (χ0n) is 11.3. The van der Waals surface area contributed by atoms with E-state index in [2.05, 4.69) is 15.9 Å². The third-order valence-corrected chi connectivity index (χ3v) is 4.85. The summed E-state index contributed by atoms with van der Waals surface area (Å²) in [5, 5.41) is 0.218. The van der Waals surface area contributed by atoms with Gasteiger partial charge in [-0.3, -0.25) is 0 Å². The lowest BCUT2D eigenvalue weighted by Crippen LogP contribution is -2.15. The molecule has 2 aromatic carbocycles. The molecule has 0 saturated carbocycles. The molecule has 3 rings (SSSR count). The second-order valence-electron chi connectivity index (χ2n) is 4.90. The van der Waals surface area contributed by atoms with Gasteiger partial charge in [-0.15, -0.1) is 11.6 Å². The monoisotopic (exact) mass is 386 g/mol. The third kappa shape index (κ3) is 3.01. The first-order valence-corrected chi connectivity index (χ1v) is 8.16. The van der Waals surface area contributed by atoms with Crippen molar-refractivity contribution in [2.75, 3.05) is 13.2 Å². The summed E-state index contributed by atoms with van der Waals surface area (Å²) in [6, 6.07) is 9.70. The molecule has 0 amide bonds. The Hall–Kier alpha value is -0.900. The zero-order chi connectivity index (χ0) is 15.0. The molecule has 1 aliphatic heterocycles. The van der Waals surface area contributed by atoms with Crippen molar-refractivity contribution in [1.29, 1.82) is 0 Å². The van der Waals surface area contributed by atoms with Crippen LogP contribution in [-0.2, 0) is 0 Å². The highest BCUT2D eigenvalue weighted by atomic mass is 79.9. The van der Waals surface area contributed by atoms with E-state index in [0.29, 0.717) is 29.7 Å². The number of benzene rings is 2. The topological polar surface area (TPSA) is 18.5 Å². The molecule has 0 spiro atoms. The largest absolute Gasteiger partial charge is 0.486 e. The fraction of sp³-hybridized carbons (Fsp3) is 0.250. The summed E-state index contributed by atoms with van der Waals surface area (Å²) in [5.74, 6) is 1.36. The molecule has 110 valence electrons. The molecule has 2 aromatic rings. The number of rotatable bonds is 2. The number of fused-ring (bicyclic) bond motifs is 1. The van der Waals surface area contributed by atoms with E-state index in [0.717, 1.165) is 15.6 Å². The summed E-state index contributed by atoms with van der Waals surface area (Å²) in [5.41, 5.74) is 2.95. The summed E-state index contributed by atoms with van der Waals surface area (Å²) >= 11 is 16.5. The van der Waals surface area contributed by atoms with Gasteiger partial charge in [-0.25, -0.2) is 0 Å². The van der Waals surface area contributed by atoms with Crippen LogP contribution in [0.3, 0.4) is 0 Å². The average molecular weight is 388 g/mol. The van der Waals surface area contributed by atoms with Gasteiger partial charge in [-0.2, -0.15) is 0 Å². The van der Waals surface area contributed by atoms with E-state index in [1.807, 2.05) is 31.2 Å². The van der Waals surface area contributed by atoms with Gasteiger partial charge in [0.05, 0.1) is 5.38 Å². The molecule has 1 aliphatic rings. The molecule has 0 radical (unpaired) electrons. The summed E-state index contributed by atoms with van der Waals surface area (Å²) < 4.78 is 12.1. The highest BCUT2D eigenvalue weighted by Gasteiger charge is 2.21. The Kier molecular flexibility index (Phi) is 4.34. The van der Waals surface area contributed by atoms with Gasteiger partial charge < -0.3 is 9.47 Å². The van der Waals surface area contributed by atoms with E-state index < -0.39 is 0 Å². The Balaban J connectivity index is 2.03. The minimum absolute atomic E-state index is 0.358. The van der Waals surface area contributed by atoms with Crippen LogP contribution in [0.4, 0.5) is 0 Å². The Labute approximate surface area is 142 Å². The van der Waals surface area contributed by atoms with Gasteiger partial charge >= 0.3 is 0 Å². The second kappa shape index (κ2) is 6.07. The summed E-state index contributed by atoms with van der Waals surface area (Å²) in [4.78, 5) is 0. The fourth-order valence-corrected chi connectivity index (χ4v) is 3.82. The Morgan fingerprint density at radius 1 is 1.05 bits per heavy atom. The van der Waals surface area contributed by atoms with E-state index in [1.165, 1.54) is 5.56 Å². The van der Waals surface area contributed by atoms with Crippen molar-refractivity contribution in [1.82, 2.24) is 0 Å². The summed E-state index contributed by atoms with van der Waals surface area (Å²) in [6.07, 6.45) is 0. The maximum absolute atomic E-state index is 6.63. The van der Waals surface area contributed by atoms with Crippen molar-refractivity contribution in [2.45, 2.75) is 12.3 Å². The van der Waals surface area contributed by atoms with Gasteiger partial charge in [0.1, 0.15) is 13.2 Å². The minimum Gasteiger partial charge on any atom is -0.486 e. The van der Waals surface area contributed by atoms with Gasteiger partial charge in [0.2, 0.25) is 0 Å². The quantitative estimate of drug-likeness (QED) is 0.632. The predicted octanol–water partition coefficient (Wildman–Crippen LogP) is 5.51. The first-order chi connectivity index (χ1) is 10.1. The SMILES string of the molecule is Cc1ccc(C(Cl)c2cc3c(cc2Cl)OCCO3)c(Br)c1. The van der Waals surface area contributed by atoms with Crippen LogP contribution < -0.4 is 9.47 Å². The molecule has 1 unspecified atom stereocenters. The Bertz CT molecular complexity index is 688. The molecule has 2 nitrogen and oxygen atoms in total. The van der Waals surface area contributed by atoms with Crippen LogP contribution in [0.5, 0.6) is 11.5 Å². The predicted molar refractivity (Wildman–Crippen MR) is 89.0 cm³/mol. The van der Waals surface area contributed by atoms with Crippen LogP contribution in [0, 0.1) is 6.92 Å². The molecular weight excluding hydrogens is 375 g/mol. The molecular formula is C16H13BrCl2O2. The molecule has 0 aliphatic carbocycles. The van der Waals surface area contributed by atoms with Crippen molar-refractivity contribution >= 4 is 39.1 Å². The molecule has 0 saturated heterocycles. The smallest absolute Gasteiger partial charge is 0.162 e. The van der Waals surface area contributed by atoms with Crippen molar-refractivity contribution in [3.63, 3.8) is 0 Å². The van der Waals surface area contributed by atoms with Gasteiger partial charge in [0, 0.05) is 15.6 Å². The summed E-state index contributed by atoms with van der Waals surface area (Å²) in [7, 11) is 0. The van der Waals surface area contributed by atoms with Crippen LogP contribution in [-0.4, -0.2) is 13.2 Å². The number of aryl methyl sites for hydroxylation is 1. The zero-order valence-corrected chi connectivity index (χ0v) is 14.4. The fourth-order valence-electron chi connectivity index (χ4n) is 2.28. The van der Waals surface area contributed by atoms with Crippen LogP contribution in [0.15, 0.2) is 34.8 Å². The van der Waals surface area contributed by atoms with E-state index in [4.69, 9.17) is 32.7 Å². The molecule has 0 fully saturated rings. The molecule has 0 N–H and O–H groups in total. The highest BCUT2D eigenvalue weighted by Crippen LogP contribution is 2.43. The minimum atomic E-state index is -0.358. The lowest BCUT2D eigenvalue weighted by molar-refractivity contribution is 0.171. The molecule has 1 heterocycles. The molecule has 0 bridgehead atoms. The van der Waals surface area contributed by atoms with Crippen LogP contribution in [0.2, 0.25) is 5.02 Å². The van der Waals surface area contributed by atoms with Crippen molar-refractivity contribution in [3.05, 3.63) is 56.5 Å². The van der Waals surface area contributed by atoms with E-state index >= 15 is 0 Å². The van der Waals surface area contributed by atoms with Gasteiger partial charge in [0.25, 0.3) is 0 Å². The van der Waals surface area contributed by atoms with Crippen LogP contribution in [0.25, 0.3) is 0 Å². The van der Waals surface area contributed by atoms with Gasteiger partial charge in [-0.1, -0.05) is 39.7 Å². The lowest BCUT2D eigenvalue weighted by Gasteiger charge is -2.21. The lowest BCUT2D eigenvalue weighted by atomic mass is 10.0. The van der Waals surface area contributed by atoms with Gasteiger partial charge in [-0.05, 0) is 35.7 Å². The average Bonchev–Trinajstić information content (AvgIpc) is 2.46. The maximum atomic E-state index is 6.63. The van der Waals surface area contributed by atoms with Crippen molar-refractivity contribution in [2.24, 2.45) is 0 Å². The van der Waals surface area contributed by atoms with Crippen molar-refractivity contribution in [3.8, 4) is 11.5 Å². The Morgan fingerprint density at radius 3 is 2.38 bits per heavy atom. The maximum Gasteiger partial charge on any atom is 0.162 e. The molecule has 5 heteroatoms.